The Kier molecular flexibility index (Phi) is 2.61. The van der Waals surface area contributed by atoms with Crippen LogP contribution in [0.4, 0.5) is 0 Å². The molecule has 3 nitrogen and oxygen atoms in total. The molecule has 2 heterocycles. The van der Waals surface area contributed by atoms with Gasteiger partial charge >= 0.3 is 0 Å². The summed E-state index contributed by atoms with van der Waals surface area (Å²) in [6.45, 7) is 0.593. The highest BCUT2D eigenvalue weighted by Crippen LogP contribution is 2.32. The second-order valence-electron chi connectivity index (χ2n) is 2.94. The average molecular weight is 232 g/mol. The summed E-state index contributed by atoms with van der Waals surface area (Å²) < 4.78 is 5.26. The van der Waals surface area contributed by atoms with Crippen molar-refractivity contribution in [2.45, 2.75) is 6.42 Å². The highest BCUT2D eigenvalue weighted by Gasteiger charge is 2.20. The minimum Gasteiger partial charge on any atom is -0.490 e. The van der Waals surface area contributed by atoms with Crippen molar-refractivity contribution in [2.24, 2.45) is 0 Å². The van der Waals surface area contributed by atoms with E-state index in [0.717, 1.165) is 12.0 Å². The lowest BCUT2D eigenvalue weighted by atomic mass is 10.1. The standard InChI is InChI=1S/C9H7Cl2NO2/c10-4-7(13)6-3-5-1-2-14-8(5)9(11)12-6/h3H,1-2,4H2. The number of ketones is 1. The molecule has 0 amide bonds. The molecule has 1 aromatic heterocycles. The predicted octanol–water partition coefficient (Wildman–Crippen LogP) is 2.09. The first-order chi connectivity index (χ1) is 6.72. The Morgan fingerprint density at radius 2 is 2.43 bits per heavy atom. The van der Waals surface area contributed by atoms with Crippen LogP contribution in [-0.4, -0.2) is 23.3 Å². The summed E-state index contributed by atoms with van der Waals surface area (Å²) in [6.07, 6.45) is 0.764. The van der Waals surface area contributed by atoms with Crippen molar-refractivity contribution in [3.63, 3.8) is 0 Å². The van der Waals surface area contributed by atoms with Gasteiger partial charge in [-0.2, -0.15) is 0 Å². The van der Waals surface area contributed by atoms with Gasteiger partial charge < -0.3 is 4.74 Å². The quantitative estimate of drug-likeness (QED) is 0.445. The third-order valence-corrected chi connectivity index (χ3v) is 2.53. The molecule has 0 fully saturated rings. The lowest BCUT2D eigenvalue weighted by molar-refractivity contribution is 0.101. The Morgan fingerprint density at radius 3 is 3.14 bits per heavy atom. The van der Waals surface area contributed by atoms with E-state index in [-0.39, 0.29) is 16.8 Å². The molecule has 1 aliphatic heterocycles. The molecule has 0 aliphatic carbocycles. The monoisotopic (exact) mass is 231 g/mol. The molecule has 0 saturated heterocycles. The summed E-state index contributed by atoms with van der Waals surface area (Å²) >= 11 is 11.3. The number of hydrogen-bond donors (Lipinski definition) is 0. The van der Waals surface area contributed by atoms with Crippen molar-refractivity contribution in [2.75, 3.05) is 12.5 Å². The molecule has 0 spiro atoms. The Hall–Kier alpha value is -0.800. The van der Waals surface area contributed by atoms with E-state index in [0.29, 0.717) is 18.1 Å². The van der Waals surface area contributed by atoms with Crippen LogP contribution in [0, 0.1) is 0 Å². The predicted molar refractivity (Wildman–Crippen MR) is 53.5 cm³/mol. The Labute approximate surface area is 91.0 Å². The summed E-state index contributed by atoms with van der Waals surface area (Å²) in [5.74, 6) is 0.296. The van der Waals surface area contributed by atoms with Crippen LogP contribution in [0.15, 0.2) is 6.07 Å². The molecule has 1 aliphatic rings. The summed E-state index contributed by atoms with van der Waals surface area (Å²) in [6, 6.07) is 1.69. The summed E-state index contributed by atoms with van der Waals surface area (Å²) in [7, 11) is 0. The first-order valence-corrected chi connectivity index (χ1v) is 5.05. The van der Waals surface area contributed by atoms with Crippen LogP contribution in [0.2, 0.25) is 5.15 Å². The van der Waals surface area contributed by atoms with E-state index in [1.807, 2.05) is 0 Å². The molecule has 0 saturated carbocycles. The maximum absolute atomic E-state index is 11.3. The largest absolute Gasteiger partial charge is 0.490 e. The van der Waals surface area contributed by atoms with Crippen LogP contribution in [0.25, 0.3) is 0 Å². The molecule has 14 heavy (non-hydrogen) atoms. The zero-order chi connectivity index (χ0) is 10.1. The van der Waals surface area contributed by atoms with Crippen LogP contribution >= 0.6 is 23.2 Å². The van der Waals surface area contributed by atoms with Crippen molar-refractivity contribution in [3.05, 3.63) is 22.5 Å². The number of ether oxygens (including phenoxy) is 1. The van der Waals surface area contributed by atoms with Gasteiger partial charge in [0.2, 0.25) is 0 Å². The fourth-order valence-corrected chi connectivity index (χ4v) is 1.77. The molecule has 0 aromatic carbocycles. The smallest absolute Gasteiger partial charge is 0.195 e. The SMILES string of the molecule is O=C(CCl)c1cc2c(c(Cl)n1)OCC2. The second kappa shape index (κ2) is 3.75. The molecule has 0 radical (unpaired) electrons. The van der Waals surface area contributed by atoms with Crippen LogP contribution < -0.4 is 4.74 Å². The van der Waals surface area contributed by atoms with Gasteiger partial charge in [0.25, 0.3) is 0 Å². The number of alkyl halides is 1. The fraction of sp³-hybridized carbons (Fsp3) is 0.333. The molecule has 0 unspecified atom stereocenters. The van der Waals surface area contributed by atoms with Gasteiger partial charge in [0, 0.05) is 12.0 Å². The normalized spacial score (nSPS) is 13.6. The van der Waals surface area contributed by atoms with Gasteiger partial charge in [-0.05, 0) is 6.07 Å². The fourth-order valence-electron chi connectivity index (χ4n) is 1.36. The third kappa shape index (κ3) is 1.57. The molecular formula is C9H7Cl2NO2. The maximum atomic E-state index is 11.3. The number of halogens is 2. The maximum Gasteiger partial charge on any atom is 0.195 e. The lowest BCUT2D eigenvalue weighted by Gasteiger charge is -2.03. The number of hydrogen-bond acceptors (Lipinski definition) is 3. The molecule has 0 atom stereocenters. The van der Waals surface area contributed by atoms with E-state index in [4.69, 9.17) is 27.9 Å². The van der Waals surface area contributed by atoms with Crippen molar-refractivity contribution < 1.29 is 9.53 Å². The Bertz CT molecular complexity index is 393. The number of pyridine rings is 1. The molecule has 74 valence electrons. The van der Waals surface area contributed by atoms with Gasteiger partial charge in [0.05, 0.1) is 12.5 Å². The van der Waals surface area contributed by atoms with Crippen molar-refractivity contribution >= 4 is 29.0 Å². The third-order valence-electron chi connectivity index (χ3n) is 2.03. The van der Waals surface area contributed by atoms with Crippen LogP contribution in [0.3, 0.4) is 0 Å². The highest BCUT2D eigenvalue weighted by molar-refractivity contribution is 6.32. The molecule has 0 N–H and O–H groups in total. The van der Waals surface area contributed by atoms with Crippen molar-refractivity contribution in [1.82, 2.24) is 4.98 Å². The van der Waals surface area contributed by atoms with Crippen LogP contribution in [-0.2, 0) is 6.42 Å². The molecular weight excluding hydrogens is 225 g/mol. The Balaban J connectivity index is 2.46. The van der Waals surface area contributed by atoms with Crippen LogP contribution in [0.1, 0.15) is 16.1 Å². The van der Waals surface area contributed by atoms with Gasteiger partial charge in [-0.3, -0.25) is 4.79 Å². The topological polar surface area (TPSA) is 39.2 Å². The summed E-state index contributed by atoms with van der Waals surface area (Å²) in [4.78, 5) is 15.2. The van der Waals surface area contributed by atoms with Crippen LogP contribution in [0.5, 0.6) is 5.75 Å². The minimum atomic E-state index is -0.219. The highest BCUT2D eigenvalue weighted by atomic mass is 35.5. The van der Waals surface area contributed by atoms with Gasteiger partial charge in [-0.25, -0.2) is 4.98 Å². The first kappa shape index (κ1) is 9.74. The zero-order valence-electron chi connectivity index (χ0n) is 7.22. The number of fused-ring (bicyclic) bond motifs is 1. The number of carbonyl (C=O) groups excluding carboxylic acids is 1. The summed E-state index contributed by atoms with van der Waals surface area (Å²) in [5.41, 5.74) is 1.24. The number of Topliss-reactive ketones (excluding diaryl/α,β-unsaturated/α-hetero) is 1. The van der Waals surface area contributed by atoms with E-state index >= 15 is 0 Å². The zero-order valence-corrected chi connectivity index (χ0v) is 8.73. The number of rotatable bonds is 2. The molecule has 2 rings (SSSR count). The van der Waals surface area contributed by atoms with Crippen molar-refractivity contribution in [1.29, 1.82) is 0 Å². The minimum absolute atomic E-state index is 0.0804. The second-order valence-corrected chi connectivity index (χ2v) is 3.57. The average Bonchev–Trinajstić information content (AvgIpc) is 2.64. The van der Waals surface area contributed by atoms with E-state index in [1.165, 1.54) is 0 Å². The number of carbonyl (C=O) groups is 1. The van der Waals surface area contributed by atoms with Gasteiger partial charge in [-0.15, -0.1) is 11.6 Å². The van der Waals surface area contributed by atoms with Gasteiger partial charge in [0.1, 0.15) is 5.69 Å². The lowest BCUT2D eigenvalue weighted by Crippen LogP contribution is -2.04. The molecule has 1 aromatic rings. The van der Waals surface area contributed by atoms with Crippen molar-refractivity contribution in [3.8, 4) is 5.75 Å². The van der Waals surface area contributed by atoms with E-state index < -0.39 is 0 Å². The van der Waals surface area contributed by atoms with E-state index in [9.17, 15) is 4.79 Å². The summed E-state index contributed by atoms with van der Waals surface area (Å²) in [5, 5.41) is 0.244. The molecule has 0 bridgehead atoms. The van der Waals surface area contributed by atoms with Gasteiger partial charge in [-0.1, -0.05) is 11.6 Å². The number of nitrogens with zero attached hydrogens (tertiary/aromatic N) is 1. The molecule has 5 heteroatoms. The van der Waals surface area contributed by atoms with E-state index in [2.05, 4.69) is 4.98 Å². The number of aromatic nitrogens is 1. The van der Waals surface area contributed by atoms with E-state index in [1.54, 1.807) is 6.07 Å². The van der Waals surface area contributed by atoms with Gasteiger partial charge in [0.15, 0.2) is 16.7 Å². The first-order valence-electron chi connectivity index (χ1n) is 4.13. The Morgan fingerprint density at radius 1 is 1.64 bits per heavy atom.